The van der Waals surface area contributed by atoms with E-state index in [9.17, 15) is 4.39 Å². The predicted octanol–water partition coefficient (Wildman–Crippen LogP) is 2.07. The molecule has 76 valence electrons. The molecule has 0 radical (unpaired) electrons. The molecule has 2 rings (SSSR count). The van der Waals surface area contributed by atoms with Crippen LogP contribution in [0.15, 0.2) is 18.2 Å². The van der Waals surface area contributed by atoms with E-state index >= 15 is 0 Å². The van der Waals surface area contributed by atoms with Crippen molar-refractivity contribution in [2.45, 2.75) is 25.3 Å². The number of anilines is 1. The van der Waals surface area contributed by atoms with Crippen molar-refractivity contribution in [1.29, 1.82) is 0 Å². The SMILES string of the molecule is CC(N)CC1CNc2ccc(F)cc21. The van der Waals surface area contributed by atoms with Gasteiger partial charge in [0.1, 0.15) is 5.82 Å². The van der Waals surface area contributed by atoms with E-state index in [1.54, 1.807) is 12.1 Å². The minimum atomic E-state index is -0.165. The van der Waals surface area contributed by atoms with Gasteiger partial charge in [-0.1, -0.05) is 0 Å². The highest BCUT2D eigenvalue weighted by molar-refractivity contribution is 5.57. The molecule has 14 heavy (non-hydrogen) atoms. The minimum absolute atomic E-state index is 0.163. The number of benzene rings is 1. The van der Waals surface area contributed by atoms with Crippen LogP contribution in [-0.2, 0) is 0 Å². The molecule has 0 spiro atoms. The molecule has 0 aromatic heterocycles. The maximum atomic E-state index is 13.0. The highest BCUT2D eigenvalue weighted by atomic mass is 19.1. The number of nitrogens with one attached hydrogen (secondary N) is 1. The molecule has 1 aliphatic rings. The largest absolute Gasteiger partial charge is 0.384 e. The molecule has 2 unspecified atom stereocenters. The van der Waals surface area contributed by atoms with Crippen LogP contribution in [0.3, 0.4) is 0 Å². The summed E-state index contributed by atoms with van der Waals surface area (Å²) in [5.74, 6) is 0.197. The van der Waals surface area contributed by atoms with Crippen LogP contribution in [-0.4, -0.2) is 12.6 Å². The van der Waals surface area contributed by atoms with Gasteiger partial charge < -0.3 is 11.1 Å². The van der Waals surface area contributed by atoms with Crippen molar-refractivity contribution in [1.82, 2.24) is 0 Å². The Balaban J connectivity index is 2.24. The Morgan fingerprint density at radius 1 is 1.64 bits per heavy atom. The van der Waals surface area contributed by atoms with Crippen molar-refractivity contribution in [3.63, 3.8) is 0 Å². The van der Waals surface area contributed by atoms with Gasteiger partial charge >= 0.3 is 0 Å². The summed E-state index contributed by atoms with van der Waals surface area (Å²) in [6.07, 6.45) is 0.906. The van der Waals surface area contributed by atoms with Gasteiger partial charge in [-0.05, 0) is 37.1 Å². The summed E-state index contributed by atoms with van der Waals surface area (Å²) in [6, 6.07) is 5.06. The van der Waals surface area contributed by atoms with Crippen molar-refractivity contribution >= 4 is 5.69 Å². The van der Waals surface area contributed by atoms with E-state index in [0.717, 1.165) is 24.2 Å². The molecule has 1 heterocycles. The second-order valence-electron chi connectivity index (χ2n) is 4.02. The molecule has 0 aliphatic carbocycles. The van der Waals surface area contributed by atoms with Crippen LogP contribution < -0.4 is 11.1 Å². The van der Waals surface area contributed by atoms with E-state index in [-0.39, 0.29) is 11.9 Å². The van der Waals surface area contributed by atoms with E-state index in [1.165, 1.54) is 6.07 Å². The number of halogens is 1. The first-order chi connectivity index (χ1) is 6.66. The number of nitrogens with two attached hydrogens (primary N) is 1. The molecule has 0 amide bonds. The van der Waals surface area contributed by atoms with Crippen molar-refractivity contribution in [3.05, 3.63) is 29.6 Å². The normalized spacial score (nSPS) is 21.5. The number of fused-ring (bicyclic) bond motifs is 1. The Morgan fingerprint density at radius 2 is 2.43 bits per heavy atom. The quantitative estimate of drug-likeness (QED) is 0.756. The maximum absolute atomic E-state index is 13.0. The van der Waals surface area contributed by atoms with Gasteiger partial charge in [0.05, 0.1) is 0 Å². The zero-order chi connectivity index (χ0) is 10.1. The molecule has 1 aliphatic heterocycles. The van der Waals surface area contributed by atoms with Gasteiger partial charge in [-0.3, -0.25) is 0 Å². The van der Waals surface area contributed by atoms with Crippen LogP contribution >= 0.6 is 0 Å². The van der Waals surface area contributed by atoms with Gasteiger partial charge in [-0.2, -0.15) is 0 Å². The van der Waals surface area contributed by atoms with Crippen LogP contribution in [0.1, 0.15) is 24.8 Å². The third-order valence-corrected chi connectivity index (χ3v) is 2.65. The average molecular weight is 194 g/mol. The number of hydrogen-bond acceptors (Lipinski definition) is 2. The summed E-state index contributed by atoms with van der Waals surface area (Å²) in [6.45, 7) is 2.86. The zero-order valence-corrected chi connectivity index (χ0v) is 8.26. The van der Waals surface area contributed by atoms with E-state index < -0.39 is 0 Å². The van der Waals surface area contributed by atoms with Gasteiger partial charge in [-0.15, -0.1) is 0 Å². The monoisotopic (exact) mass is 194 g/mol. The lowest BCUT2D eigenvalue weighted by molar-refractivity contribution is 0.577. The molecule has 1 aromatic carbocycles. The Morgan fingerprint density at radius 3 is 3.14 bits per heavy atom. The van der Waals surface area contributed by atoms with E-state index in [2.05, 4.69) is 5.32 Å². The first-order valence-electron chi connectivity index (χ1n) is 4.95. The Labute approximate surface area is 83.3 Å². The molecular formula is C11H15FN2. The lowest BCUT2D eigenvalue weighted by Crippen LogP contribution is -2.19. The summed E-state index contributed by atoms with van der Waals surface area (Å²) >= 11 is 0. The molecular weight excluding hydrogens is 179 g/mol. The average Bonchev–Trinajstić information content (AvgIpc) is 2.47. The van der Waals surface area contributed by atoms with Crippen LogP contribution in [0.5, 0.6) is 0 Å². The van der Waals surface area contributed by atoms with Gasteiger partial charge in [0, 0.05) is 24.2 Å². The Kier molecular flexibility index (Phi) is 2.42. The van der Waals surface area contributed by atoms with E-state index in [4.69, 9.17) is 5.73 Å². The summed E-state index contributed by atoms with van der Waals surface area (Å²) in [5, 5.41) is 3.26. The summed E-state index contributed by atoms with van der Waals surface area (Å²) in [7, 11) is 0. The molecule has 2 nitrogen and oxygen atoms in total. The second kappa shape index (κ2) is 3.58. The van der Waals surface area contributed by atoms with Gasteiger partial charge in [0.15, 0.2) is 0 Å². The summed E-state index contributed by atoms with van der Waals surface area (Å²) in [5.41, 5.74) is 7.87. The first kappa shape index (κ1) is 9.46. The molecule has 0 fully saturated rings. The van der Waals surface area contributed by atoms with Crippen LogP contribution in [0.4, 0.5) is 10.1 Å². The fraction of sp³-hybridized carbons (Fsp3) is 0.455. The Hall–Kier alpha value is -1.09. The molecule has 0 saturated carbocycles. The summed E-state index contributed by atoms with van der Waals surface area (Å²) < 4.78 is 13.0. The van der Waals surface area contributed by atoms with Gasteiger partial charge in [-0.25, -0.2) is 4.39 Å². The van der Waals surface area contributed by atoms with Crippen LogP contribution in [0.2, 0.25) is 0 Å². The molecule has 2 atom stereocenters. The maximum Gasteiger partial charge on any atom is 0.123 e. The number of rotatable bonds is 2. The predicted molar refractivity (Wildman–Crippen MR) is 55.9 cm³/mol. The lowest BCUT2D eigenvalue weighted by Gasteiger charge is -2.12. The van der Waals surface area contributed by atoms with Crippen molar-refractivity contribution in [3.8, 4) is 0 Å². The van der Waals surface area contributed by atoms with Crippen LogP contribution in [0, 0.1) is 5.82 Å². The third-order valence-electron chi connectivity index (χ3n) is 2.65. The van der Waals surface area contributed by atoms with E-state index in [0.29, 0.717) is 5.92 Å². The van der Waals surface area contributed by atoms with Gasteiger partial charge in [0.2, 0.25) is 0 Å². The topological polar surface area (TPSA) is 38.0 Å². The molecule has 1 aromatic rings. The van der Waals surface area contributed by atoms with Crippen molar-refractivity contribution < 1.29 is 4.39 Å². The standard InChI is InChI=1S/C11H15FN2/c1-7(13)4-8-6-14-11-3-2-9(12)5-10(8)11/h2-3,5,7-8,14H,4,6,13H2,1H3. The van der Waals surface area contributed by atoms with Gasteiger partial charge in [0.25, 0.3) is 0 Å². The molecule has 0 saturated heterocycles. The van der Waals surface area contributed by atoms with E-state index in [1.807, 2.05) is 6.92 Å². The minimum Gasteiger partial charge on any atom is -0.384 e. The van der Waals surface area contributed by atoms with Crippen molar-refractivity contribution in [2.75, 3.05) is 11.9 Å². The number of hydrogen-bond donors (Lipinski definition) is 2. The van der Waals surface area contributed by atoms with Crippen molar-refractivity contribution in [2.24, 2.45) is 5.73 Å². The van der Waals surface area contributed by atoms with Crippen LogP contribution in [0.25, 0.3) is 0 Å². The highest BCUT2D eigenvalue weighted by Gasteiger charge is 2.23. The molecule has 3 heteroatoms. The first-order valence-corrected chi connectivity index (χ1v) is 4.95. The molecule has 3 N–H and O–H groups in total. The fourth-order valence-corrected chi connectivity index (χ4v) is 2.03. The second-order valence-corrected chi connectivity index (χ2v) is 4.02. The highest BCUT2D eigenvalue weighted by Crippen LogP contribution is 2.34. The Bertz CT molecular complexity index is 336. The lowest BCUT2D eigenvalue weighted by atomic mass is 9.95. The smallest absolute Gasteiger partial charge is 0.123 e. The fourth-order valence-electron chi connectivity index (χ4n) is 2.03. The zero-order valence-electron chi connectivity index (χ0n) is 8.26. The summed E-state index contributed by atoms with van der Waals surface area (Å²) in [4.78, 5) is 0. The third kappa shape index (κ3) is 1.73. The molecule has 0 bridgehead atoms.